The monoisotopic (exact) mass is 138 g/mol. The minimum absolute atomic E-state index is 0.530. The molecule has 1 saturated carbocycles. The van der Waals surface area contributed by atoms with Gasteiger partial charge >= 0.3 is 0 Å². The van der Waals surface area contributed by atoms with E-state index in [4.69, 9.17) is 10.2 Å². The molecule has 9 heavy (non-hydrogen) atoms. The van der Waals surface area contributed by atoms with Crippen LogP contribution in [0.25, 0.3) is 0 Å². The molecule has 1 aliphatic carbocycles. The first-order valence-electron chi connectivity index (χ1n) is 2.74. The van der Waals surface area contributed by atoms with E-state index >= 15 is 0 Å². The molecule has 2 N–H and O–H groups in total. The Labute approximate surface area is 51.1 Å². The highest BCUT2D eigenvalue weighted by molar-refractivity contribution is 5.04. The minimum Gasteiger partial charge on any atom is -0.396 e. The fourth-order valence-electron chi connectivity index (χ4n) is 0.958. The van der Waals surface area contributed by atoms with Gasteiger partial charge in [-0.25, -0.2) is 8.78 Å². The van der Waals surface area contributed by atoms with Crippen molar-refractivity contribution in [3.8, 4) is 0 Å². The molecule has 0 bridgehead atoms. The van der Waals surface area contributed by atoms with E-state index < -0.39 is 31.0 Å². The van der Waals surface area contributed by atoms with Crippen LogP contribution in [0.15, 0.2) is 0 Å². The van der Waals surface area contributed by atoms with E-state index in [9.17, 15) is 8.78 Å². The number of aliphatic hydroxyl groups excluding tert-OH is 2. The third-order valence-electron chi connectivity index (χ3n) is 1.76. The maximum Gasteiger partial charge on any atom is 0.259 e. The second-order valence-corrected chi connectivity index (χ2v) is 2.25. The normalized spacial score (nSPS) is 38.7. The molecular weight excluding hydrogens is 130 g/mol. The Kier molecular flexibility index (Phi) is 1.44. The Bertz CT molecular complexity index is 104. The van der Waals surface area contributed by atoms with Gasteiger partial charge in [-0.1, -0.05) is 0 Å². The lowest BCUT2D eigenvalue weighted by atomic mass is 10.3. The lowest BCUT2D eigenvalue weighted by molar-refractivity contribution is 0.0639. The van der Waals surface area contributed by atoms with Gasteiger partial charge in [0.2, 0.25) is 0 Å². The van der Waals surface area contributed by atoms with Crippen LogP contribution in [0.5, 0.6) is 0 Å². The van der Waals surface area contributed by atoms with Crippen LogP contribution < -0.4 is 0 Å². The van der Waals surface area contributed by atoms with E-state index in [1.807, 2.05) is 0 Å². The molecule has 0 aromatic rings. The summed E-state index contributed by atoms with van der Waals surface area (Å²) in [6.45, 7) is -1.06. The smallest absolute Gasteiger partial charge is 0.259 e. The van der Waals surface area contributed by atoms with Gasteiger partial charge in [-0.3, -0.25) is 0 Å². The van der Waals surface area contributed by atoms with Crippen LogP contribution in [-0.2, 0) is 0 Å². The molecule has 0 spiro atoms. The number of aliphatic hydroxyl groups is 2. The Morgan fingerprint density at radius 1 is 1.11 bits per heavy atom. The molecule has 1 rings (SSSR count). The van der Waals surface area contributed by atoms with Gasteiger partial charge in [-0.2, -0.15) is 0 Å². The SMILES string of the molecule is OCC1[C@H](CO)C1(F)F. The van der Waals surface area contributed by atoms with Crippen molar-refractivity contribution < 1.29 is 19.0 Å². The highest BCUT2D eigenvalue weighted by Crippen LogP contribution is 2.54. The van der Waals surface area contributed by atoms with Gasteiger partial charge in [-0.05, 0) is 0 Å². The first kappa shape index (κ1) is 6.89. The molecule has 1 unspecified atom stereocenters. The van der Waals surface area contributed by atoms with Gasteiger partial charge in [0.1, 0.15) is 0 Å². The number of hydrogen-bond acceptors (Lipinski definition) is 2. The molecule has 0 aromatic heterocycles. The van der Waals surface area contributed by atoms with Gasteiger partial charge in [0.05, 0.1) is 25.0 Å². The predicted molar refractivity (Wildman–Crippen MR) is 26.1 cm³/mol. The van der Waals surface area contributed by atoms with Crippen LogP contribution in [0, 0.1) is 11.8 Å². The van der Waals surface area contributed by atoms with E-state index in [-0.39, 0.29) is 0 Å². The average Bonchev–Trinajstić information content (AvgIpc) is 2.32. The number of rotatable bonds is 2. The largest absolute Gasteiger partial charge is 0.396 e. The third-order valence-corrected chi connectivity index (χ3v) is 1.76. The molecule has 4 heteroatoms. The molecule has 0 radical (unpaired) electrons. The van der Waals surface area contributed by atoms with Crippen LogP contribution in [0.3, 0.4) is 0 Å². The first-order valence-corrected chi connectivity index (χ1v) is 2.74. The van der Waals surface area contributed by atoms with E-state index in [1.54, 1.807) is 0 Å². The zero-order chi connectivity index (χ0) is 7.07. The topological polar surface area (TPSA) is 40.5 Å². The summed E-state index contributed by atoms with van der Waals surface area (Å²) in [7, 11) is 0. The zero-order valence-electron chi connectivity index (χ0n) is 4.72. The van der Waals surface area contributed by atoms with Gasteiger partial charge in [-0.15, -0.1) is 0 Å². The molecule has 0 heterocycles. The van der Waals surface area contributed by atoms with Crippen molar-refractivity contribution in [1.29, 1.82) is 0 Å². The molecule has 0 amide bonds. The molecule has 0 aromatic carbocycles. The molecule has 0 saturated heterocycles. The molecule has 1 aliphatic rings. The average molecular weight is 138 g/mol. The van der Waals surface area contributed by atoms with Crippen molar-refractivity contribution in [3.05, 3.63) is 0 Å². The maximum atomic E-state index is 12.1. The number of hydrogen-bond donors (Lipinski definition) is 2. The second-order valence-electron chi connectivity index (χ2n) is 2.25. The van der Waals surface area contributed by atoms with Gasteiger partial charge < -0.3 is 10.2 Å². The van der Waals surface area contributed by atoms with Gasteiger partial charge in [0, 0.05) is 0 Å². The molecule has 2 nitrogen and oxygen atoms in total. The third kappa shape index (κ3) is 0.822. The Balaban J connectivity index is 2.45. The fourth-order valence-corrected chi connectivity index (χ4v) is 0.958. The van der Waals surface area contributed by atoms with Crippen molar-refractivity contribution >= 4 is 0 Å². The summed E-state index contributed by atoms with van der Waals surface area (Å²) in [5.41, 5.74) is 0. The summed E-state index contributed by atoms with van der Waals surface area (Å²) in [6.07, 6.45) is 0. The van der Waals surface area contributed by atoms with Crippen LogP contribution in [-0.4, -0.2) is 29.3 Å². The number of alkyl halides is 2. The van der Waals surface area contributed by atoms with E-state index in [0.29, 0.717) is 0 Å². The van der Waals surface area contributed by atoms with E-state index in [2.05, 4.69) is 0 Å². The minimum atomic E-state index is -2.82. The van der Waals surface area contributed by atoms with E-state index in [1.165, 1.54) is 0 Å². The summed E-state index contributed by atoms with van der Waals surface area (Å²) in [6, 6.07) is 0. The van der Waals surface area contributed by atoms with Gasteiger partial charge in [0.25, 0.3) is 5.92 Å². The van der Waals surface area contributed by atoms with Crippen molar-refractivity contribution in [2.45, 2.75) is 5.92 Å². The Morgan fingerprint density at radius 3 is 1.56 bits per heavy atom. The first-order chi connectivity index (χ1) is 4.14. The van der Waals surface area contributed by atoms with Crippen LogP contribution >= 0.6 is 0 Å². The molecule has 2 atom stereocenters. The van der Waals surface area contributed by atoms with Crippen molar-refractivity contribution in [2.75, 3.05) is 13.2 Å². The standard InChI is InChI=1S/C5H8F2O2/c6-5(7)3(1-8)4(5)2-9/h3-4,8-9H,1-2H2/t3-,4?/m0/s1. The highest BCUT2D eigenvalue weighted by atomic mass is 19.3. The van der Waals surface area contributed by atoms with Crippen molar-refractivity contribution in [3.63, 3.8) is 0 Å². The Morgan fingerprint density at radius 2 is 1.44 bits per heavy atom. The molecular formula is C5H8F2O2. The Hall–Kier alpha value is -0.220. The summed E-state index contributed by atoms with van der Waals surface area (Å²) in [4.78, 5) is 0. The molecule has 54 valence electrons. The quantitative estimate of drug-likeness (QED) is 0.557. The molecule has 0 aliphatic heterocycles. The van der Waals surface area contributed by atoms with Crippen molar-refractivity contribution in [1.82, 2.24) is 0 Å². The summed E-state index contributed by atoms with van der Waals surface area (Å²) >= 11 is 0. The van der Waals surface area contributed by atoms with Gasteiger partial charge in [0.15, 0.2) is 0 Å². The predicted octanol–water partition coefficient (Wildman–Crippen LogP) is -0.148. The zero-order valence-corrected chi connectivity index (χ0v) is 4.72. The lowest BCUT2D eigenvalue weighted by Crippen LogP contribution is -1.98. The highest BCUT2D eigenvalue weighted by Gasteiger charge is 2.67. The number of halogens is 2. The van der Waals surface area contributed by atoms with Crippen LogP contribution in [0.1, 0.15) is 0 Å². The molecule has 1 fully saturated rings. The summed E-state index contributed by atoms with van der Waals surface area (Å²) < 4.78 is 24.3. The van der Waals surface area contributed by atoms with Crippen LogP contribution in [0.4, 0.5) is 8.78 Å². The fraction of sp³-hybridized carbons (Fsp3) is 1.00. The van der Waals surface area contributed by atoms with Crippen LogP contribution in [0.2, 0.25) is 0 Å². The van der Waals surface area contributed by atoms with E-state index in [0.717, 1.165) is 0 Å². The summed E-state index contributed by atoms with van der Waals surface area (Å²) in [5, 5.41) is 16.5. The lowest BCUT2D eigenvalue weighted by Gasteiger charge is -1.87. The van der Waals surface area contributed by atoms with Crippen molar-refractivity contribution in [2.24, 2.45) is 11.8 Å². The second kappa shape index (κ2) is 1.88. The summed E-state index contributed by atoms with van der Waals surface area (Å²) in [5.74, 6) is -4.81. The maximum absolute atomic E-state index is 12.1.